The van der Waals surface area contributed by atoms with Crippen molar-refractivity contribution < 1.29 is 0 Å². The van der Waals surface area contributed by atoms with Crippen LogP contribution in [-0.4, -0.2) is 14.9 Å². The third-order valence-electron chi connectivity index (χ3n) is 2.03. The van der Waals surface area contributed by atoms with Crippen LogP contribution in [0.15, 0.2) is 21.0 Å². The number of nitrogens with zero attached hydrogens (tertiary/aromatic N) is 1. The van der Waals surface area contributed by atoms with Crippen LogP contribution in [0, 0.1) is 0 Å². The molecule has 0 saturated carbocycles. The molecule has 1 N–H and O–H groups in total. The molecule has 1 atom stereocenters. The highest BCUT2D eigenvalue weighted by molar-refractivity contribution is 7.17. The number of thiophene rings is 1. The lowest BCUT2D eigenvalue weighted by Gasteiger charge is -2.05. The summed E-state index contributed by atoms with van der Waals surface area (Å²) in [5, 5.41) is 1.53. The molecule has 6 heteroatoms. The van der Waals surface area contributed by atoms with Crippen molar-refractivity contribution in [3.63, 3.8) is 0 Å². The SMILES string of the molecule is CC(Cl)Cn1c(=O)[nH]c2ccsc2c1=O. The van der Waals surface area contributed by atoms with Crippen LogP contribution in [-0.2, 0) is 6.54 Å². The lowest BCUT2D eigenvalue weighted by Crippen LogP contribution is -2.36. The first-order chi connectivity index (χ1) is 7.09. The topological polar surface area (TPSA) is 54.9 Å². The van der Waals surface area contributed by atoms with Crippen LogP contribution < -0.4 is 11.2 Å². The van der Waals surface area contributed by atoms with Gasteiger partial charge < -0.3 is 4.98 Å². The second kappa shape index (κ2) is 3.83. The number of aromatic amines is 1. The van der Waals surface area contributed by atoms with E-state index in [1.54, 1.807) is 18.4 Å². The molecule has 0 radical (unpaired) electrons. The number of hydrogen-bond acceptors (Lipinski definition) is 3. The smallest absolute Gasteiger partial charge is 0.306 e. The van der Waals surface area contributed by atoms with Gasteiger partial charge in [-0.25, -0.2) is 4.79 Å². The van der Waals surface area contributed by atoms with E-state index in [9.17, 15) is 9.59 Å². The van der Waals surface area contributed by atoms with Gasteiger partial charge in [0.15, 0.2) is 0 Å². The van der Waals surface area contributed by atoms with Crippen LogP contribution in [0.1, 0.15) is 6.92 Å². The van der Waals surface area contributed by atoms with Crippen molar-refractivity contribution in [2.75, 3.05) is 0 Å². The predicted molar refractivity (Wildman–Crippen MR) is 62.0 cm³/mol. The molecular formula is C9H9ClN2O2S. The second-order valence-corrected chi connectivity index (χ2v) is 4.95. The summed E-state index contributed by atoms with van der Waals surface area (Å²) in [6, 6.07) is 1.72. The molecule has 0 aliphatic heterocycles. The molecule has 0 fully saturated rings. The fourth-order valence-corrected chi connectivity index (χ4v) is 2.32. The molecule has 0 aliphatic carbocycles. The van der Waals surface area contributed by atoms with Crippen LogP contribution in [0.3, 0.4) is 0 Å². The summed E-state index contributed by atoms with van der Waals surface area (Å²) in [6.07, 6.45) is 0. The van der Waals surface area contributed by atoms with Gasteiger partial charge in [-0.1, -0.05) is 0 Å². The van der Waals surface area contributed by atoms with Crippen LogP contribution in [0.4, 0.5) is 0 Å². The molecule has 80 valence electrons. The molecule has 15 heavy (non-hydrogen) atoms. The normalized spacial score (nSPS) is 13.2. The third-order valence-corrected chi connectivity index (χ3v) is 3.07. The number of H-pyrrole nitrogens is 1. The van der Waals surface area contributed by atoms with Crippen LogP contribution in [0.5, 0.6) is 0 Å². The monoisotopic (exact) mass is 244 g/mol. The molecule has 1 unspecified atom stereocenters. The van der Waals surface area contributed by atoms with Crippen molar-refractivity contribution in [1.29, 1.82) is 0 Å². The van der Waals surface area contributed by atoms with Crippen molar-refractivity contribution in [3.05, 3.63) is 32.3 Å². The molecule has 0 aliphatic rings. The first-order valence-electron chi connectivity index (χ1n) is 4.44. The first-order valence-corrected chi connectivity index (χ1v) is 5.75. The number of rotatable bonds is 2. The lowest BCUT2D eigenvalue weighted by atomic mass is 10.4. The molecule has 2 aromatic heterocycles. The van der Waals surface area contributed by atoms with E-state index in [0.717, 1.165) is 4.57 Å². The molecule has 2 heterocycles. The summed E-state index contributed by atoms with van der Waals surface area (Å²) in [6.45, 7) is 1.97. The molecule has 0 saturated heterocycles. The zero-order chi connectivity index (χ0) is 11.0. The number of hydrogen-bond donors (Lipinski definition) is 1. The maximum Gasteiger partial charge on any atom is 0.328 e. The Balaban J connectivity index is 2.73. The number of fused-ring (bicyclic) bond motifs is 1. The van der Waals surface area contributed by atoms with E-state index in [1.807, 2.05) is 0 Å². The Kier molecular flexibility index (Phi) is 2.67. The van der Waals surface area contributed by atoms with E-state index in [2.05, 4.69) is 4.98 Å². The van der Waals surface area contributed by atoms with E-state index < -0.39 is 5.69 Å². The van der Waals surface area contributed by atoms with Crippen LogP contribution in [0.2, 0.25) is 0 Å². The highest BCUT2D eigenvalue weighted by Crippen LogP contribution is 2.12. The third kappa shape index (κ3) is 1.85. The van der Waals surface area contributed by atoms with Crippen molar-refractivity contribution in [2.45, 2.75) is 18.8 Å². The zero-order valence-corrected chi connectivity index (χ0v) is 9.56. The average Bonchev–Trinajstić information content (AvgIpc) is 2.59. The van der Waals surface area contributed by atoms with Gasteiger partial charge in [0.25, 0.3) is 5.56 Å². The van der Waals surface area contributed by atoms with Gasteiger partial charge in [-0.15, -0.1) is 22.9 Å². The summed E-state index contributed by atoms with van der Waals surface area (Å²) in [5.41, 5.74) is -0.0804. The molecule has 2 aromatic rings. The van der Waals surface area contributed by atoms with Crippen LogP contribution >= 0.6 is 22.9 Å². The summed E-state index contributed by atoms with van der Waals surface area (Å²) in [7, 11) is 0. The van der Waals surface area contributed by atoms with E-state index in [4.69, 9.17) is 11.6 Å². The molecule has 2 rings (SSSR count). The van der Waals surface area contributed by atoms with Gasteiger partial charge in [0.05, 0.1) is 5.52 Å². The Bertz CT molecular complexity index is 596. The van der Waals surface area contributed by atoms with Crippen molar-refractivity contribution in [2.24, 2.45) is 0 Å². The largest absolute Gasteiger partial charge is 0.328 e. The average molecular weight is 245 g/mol. The van der Waals surface area contributed by atoms with Crippen molar-refractivity contribution in [1.82, 2.24) is 9.55 Å². The minimum Gasteiger partial charge on any atom is -0.306 e. The minimum absolute atomic E-state index is 0.226. The highest BCUT2D eigenvalue weighted by atomic mass is 35.5. The van der Waals surface area contributed by atoms with E-state index in [-0.39, 0.29) is 17.5 Å². The lowest BCUT2D eigenvalue weighted by molar-refractivity contribution is 0.629. The van der Waals surface area contributed by atoms with Gasteiger partial charge in [0, 0.05) is 11.9 Å². The van der Waals surface area contributed by atoms with Gasteiger partial charge >= 0.3 is 5.69 Å². The highest BCUT2D eigenvalue weighted by Gasteiger charge is 2.09. The first kappa shape index (κ1) is 10.4. The van der Waals surface area contributed by atoms with E-state index in [1.165, 1.54) is 11.3 Å². The Morgan fingerprint density at radius 3 is 3.00 bits per heavy atom. The molecule has 0 spiro atoms. The quantitative estimate of drug-likeness (QED) is 0.812. The molecular weight excluding hydrogens is 236 g/mol. The van der Waals surface area contributed by atoms with Crippen molar-refractivity contribution in [3.8, 4) is 0 Å². The zero-order valence-electron chi connectivity index (χ0n) is 7.99. The summed E-state index contributed by atoms with van der Waals surface area (Å²) in [4.78, 5) is 26.0. The van der Waals surface area contributed by atoms with Gasteiger partial charge in [0.1, 0.15) is 4.70 Å². The van der Waals surface area contributed by atoms with Gasteiger partial charge in [-0.3, -0.25) is 9.36 Å². The number of nitrogens with one attached hydrogen (secondary N) is 1. The number of alkyl halides is 1. The number of aromatic nitrogens is 2. The predicted octanol–water partition coefficient (Wildman–Crippen LogP) is 1.38. The maximum atomic E-state index is 11.8. The van der Waals surface area contributed by atoms with Gasteiger partial charge in [-0.05, 0) is 18.4 Å². The molecule has 0 bridgehead atoms. The van der Waals surface area contributed by atoms with Crippen LogP contribution in [0.25, 0.3) is 10.2 Å². The van der Waals surface area contributed by atoms with Gasteiger partial charge in [0.2, 0.25) is 0 Å². The molecule has 0 amide bonds. The molecule has 4 nitrogen and oxygen atoms in total. The second-order valence-electron chi connectivity index (χ2n) is 3.29. The Hall–Kier alpha value is -1.07. The van der Waals surface area contributed by atoms with E-state index in [0.29, 0.717) is 10.2 Å². The van der Waals surface area contributed by atoms with E-state index >= 15 is 0 Å². The summed E-state index contributed by atoms with van der Waals surface area (Å²) < 4.78 is 1.70. The number of halogens is 1. The Morgan fingerprint density at radius 1 is 1.60 bits per heavy atom. The maximum absolute atomic E-state index is 11.8. The Labute approximate surface area is 94.1 Å². The standard InChI is InChI=1S/C9H9ClN2O2S/c1-5(10)4-12-8(13)7-6(2-3-15-7)11-9(12)14/h2-3,5H,4H2,1H3,(H,11,14). The fourth-order valence-electron chi connectivity index (χ4n) is 1.39. The van der Waals surface area contributed by atoms with Crippen molar-refractivity contribution >= 4 is 33.2 Å². The summed E-state index contributed by atoms with van der Waals surface area (Å²) in [5.74, 6) is 0. The molecule has 0 aromatic carbocycles. The fraction of sp³-hybridized carbons (Fsp3) is 0.333. The Morgan fingerprint density at radius 2 is 2.33 bits per heavy atom. The summed E-state index contributed by atoms with van der Waals surface area (Å²) >= 11 is 7.09. The minimum atomic E-state index is -0.404. The van der Waals surface area contributed by atoms with Gasteiger partial charge in [-0.2, -0.15) is 0 Å².